The Labute approximate surface area is 137 Å². The average molecular weight is 362 g/mol. The molecule has 4 aromatic rings. The second-order valence-electron chi connectivity index (χ2n) is 5.50. The summed E-state index contributed by atoms with van der Waals surface area (Å²) in [5.74, 6) is 0. The predicted molar refractivity (Wildman–Crippen MR) is 89.8 cm³/mol. The van der Waals surface area contributed by atoms with Gasteiger partial charge in [-0.05, 0) is 33.7 Å². The van der Waals surface area contributed by atoms with Gasteiger partial charge in [0.25, 0.3) is 20.2 Å². The minimum absolute atomic E-state index is 0.0481. The lowest BCUT2D eigenvalue weighted by Gasteiger charge is -2.15. The van der Waals surface area contributed by atoms with Crippen LogP contribution in [0, 0.1) is 0 Å². The zero-order valence-corrected chi connectivity index (χ0v) is 13.6. The van der Waals surface area contributed by atoms with Gasteiger partial charge in [-0.3, -0.25) is 9.11 Å². The van der Waals surface area contributed by atoms with Crippen molar-refractivity contribution in [1.29, 1.82) is 0 Å². The maximum Gasteiger partial charge on any atom is 0.295 e. The van der Waals surface area contributed by atoms with Gasteiger partial charge >= 0.3 is 0 Å². The molecule has 0 saturated carbocycles. The average Bonchev–Trinajstić information content (AvgIpc) is 2.50. The standard InChI is InChI=1S/C16H10O6S2/c17-23(18,19)13-7-6-10-5-4-9-2-1-3-11-14(24(20,21)22)8-12(13)16(10)15(9)11/h1-8H,(H,17,18,19)(H,20,21,22). The van der Waals surface area contributed by atoms with Crippen LogP contribution in [0.25, 0.3) is 32.3 Å². The summed E-state index contributed by atoms with van der Waals surface area (Å²) >= 11 is 0. The van der Waals surface area contributed by atoms with Crippen molar-refractivity contribution in [1.82, 2.24) is 0 Å². The molecule has 122 valence electrons. The van der Waals surface area contributed by atoms with E-state index in [0.29, 0.717) is 26.9 Å². The molecular weight excluding hydrogens is 352 g/mol. The highest BCUT2D eigenvalue weighted by Gasteiger charge is 2.23. The zero-order valence-electron chi connectivity index (χ0n) is 12.0. The predicted octanol–water partition coefficient (Wildman–Crippen LogP) is 3.08. The van der Waals surface area contributed by atoms with E-state index in [4.69, 9.17) is 0 Å². The number of benzene rings is 4. The summed E-state index contributed by atoms with van der Waals surface area (Å²) in [6, 6.07) is 12.4. The van der Waals surface area contributed by atoms with Crippen LogP contribution < -0.4 is 0 Å². The van der Waals surface area contributed by atoms with Crippen molar-refractivity contribution < 1.29 is 25.9 Å². The fourth-order valence-electron chi connectivity index (χ4n) is 3.20. The molecule has 0 atom stereocenters. The Morgan fingerprint density at radius 3 is 1.79 bits per heavy atom. The highest BCUT2D eigenvalue weighted by atomic mass is 32.2. The number of rotatable bonds is 2. The van der Waals surface area contributed by atoms with E-state index in [1.807, 2.05) is 0 Å². The summed E-state index contributed by atoms with van der Waals surface area (Å²) in [6.07, 6.45) is 0. The van der Waals surface area contributed by atoms with Crippen molar-refractivity contribution in [3.8, 4) is 0 Å². The van der Waals surface area contributed by atoms with Gasteiger partial charge in [0, 0.05) is 10.8 Å². The molecule has 0 spiro atoms. The van der Waals surface area contributed by atoms with E-state index in [0.717, 1.165) is 6.07 Å². The summed E-state index contributed by atoms with van der Waals surface area (Å²) < 4.78 is 66.0. The SMILES string of the molecule is O=S(=O)(O)c1cc2c(S(=O)(=O)O)ccc3ccc4cccc1c4c32. The maximum atomic E-state index is 11.8. The van der Waals surface area contributed by atoms with Gasteiger partial charge in [0.05, 0.1) is 0 Å². The maximum absolute atomic E-state index is 11.8. The van der Waals surface area contributed by atoms with E-state index >= 15 is 0 Å². The second kappa shape index (κ2) is 4.64. The summed E-state index contributed by atoms with van der Waals surface area (Å²) in [6.45, 7) is 0. The quantitative estimate of drug-likeness (QED) is 0.419. The Balaban J connectivity index is 2.44. The molecular formula is C16H10O6S2. The Morgan fingerprint density at radius 2 is 1.17 bits per heavy atom. The first kappa shape index (κ1) is 15.3. The van der Waals surface area contributed by atoms with Crippen LogP contribution in [0.2, 0.25) is 0 Å². The molecule has 0 heterocycles. The molecule has 0 aliphatic rings. The van der Waals surface area contributed by atoms with Crippen LogP contribution in [0.3, 0.4) is 0 Å². The highest BCUT2D eigenvalue weighted by Crippen LogP contribution is 2.40. The molecule has 4 aromatic carbocycles. The largest absolute Gasteiger partial charge is 0.295 e. The molecule has 24 heavy (non-hydrogen) atoms. The summed E-state index contributed by atoms with van der Waals surface area (Å²) in [5, 5.41) is 2.77. The molecule has 0 fully saturated rings. The lowest BCUT2D eigenvalue weighted by Crippen LogP contribution is -2.03. The van der Waals surface area contributed by atoms with Crippen molar-refractivity contribution in [2.45, 2.75) is 9.79 Å². The van der Waals surface area contributed by atoms with Gasteiger partial charge in [-0.15, -0.1) is 0 Å². The Bertz CT molecular complexity index is 1320. The fourth-order valence-corrected chi connectivity index (χ4v) is 4.59. The van der Waals surface area contributed by atoms with Crippen LogP contribution in [-0.2, 0) is 20.2 Å². The molecule has 2 N–H and O–H groups in total. The van der Waals surface area contributed by atoms with Gasteiger partial charge < -0.3 is 0 Å². The number of hydrogen-bond acceptors (Lipinski definition) is 4. The minimum atomic E-state index is -4.59. The fraction of sp³-hybridized carbons (Fsp3) is 0. The molecule has 0 aromatic heterocycles. The lowest BCUT2D eigenvalue weighted by molar-refractivity contribution is 0.481. The monoisotopic (exact) mass is 362 g/mol. The summed E-state index contributed by atoms with van der Waals surface area (Å²) in [4.78, 5) is -0.803. The zero-order chi connectivity index (χ0) is 17.3. The van der Waals surface area contributed by atoms with Crippen LogP contribution in [0.15, 0.2) is 58.3 Å². The smallest absolute Gasteiger partial charge is 0.282 e. The van der Waals surface area contributed by atoms with Crippen molar-refractivity contribution in [3.05, 3.63) is 48.5 Å². The van der Waals surface area contributed by atoms with Crippen molar-refractivity contribution >= 4 is 52.6 Å². The molecule has 0 aliphatic heterocycles. The third-order valence-corrected chi connectivity index (χ3v) is 5.93. The molecule has 6 nitrogen and oxygen atoms in total. The molecule has 0 amide bonds. The van der Waals surface area contributed by atoms with Crippen molar-refractivity contribution in [2.24, 2.45) is 0 Å². The van der Waals surface area contributed by atoms with Gasteiger partial charge in [-0.25, -0.2) is 0 Å². The van der Waals surface area contributed by atoms with Crippen LogP contribution in [-0.4, -0.2) is 25.9 Å². The van der Waals surface area contributed by atoms with E-state index in [9.17, 15) is 25.9 Å². The van der Waals surface area contributed by atoms with Crippen LogP contribution in [0.4, 0.5) is 0 Å². The van der Waals surface area contributed by atoms with Gasteiger partial charge in [0.15, 0.2) is 0 Å². The van der Waals surface area contributed by atoms with Gasteiger partial charge in [-0.1, -0.05) is 36.4 Å². The van der Waals surface area contributed by atoms with E-state index < -0.39 is 30.0 Å². The molecule has 0 bridgehead atoms. The molecule has 0 unspecified atom stereocenters. The van der Waals surface area contributed by atoms with Gasteiger partial charge in [-0.2, -0.15) is 16.8 Å². The van der Waals surface area contributed by atoms with E-state index in [1.54, 1.807) is 36.4 Å². The van der Waals surface area contributed by atoms with Gasteiger partial charge in [0.2, 0.25) is 0 Å². The normalized spacial score (nSPS) is 13.2. The van der Waals surface area contributed by atoms with Crippen LogP contribution in [0.1, 0.15) is 0 Å². The Kier molecular flexibility index (Phi) is 2.95. The molecule has 4 rings (SSSR count). The lowest BCUT2D eigenvalue weighted by atomic mass is 9.94. The molecule has 0 saturated heterocycles. The first-order chi connectivity index (χ1) is 11.2. The van der Waals surface area contributed by atoms with Crippen LogP contribution in [0.5, 0.6) is 0 Å². The van der Waals surface area contributed by atoms with Gasteiger partial charge in [0.1, 0.15) is 9.79 Å². The highest BCUT2D eigenvalue weighted by molar-refractivity contribution is 7.86. The van der Waals surface area contributed by atoms with E-state index in [-0.39, 0.29) is 5.39 Å². The van der Waals surface area contributed by atoms with Crippen molar-refractivity contribution in [3.63, 3.8) is 0 Å². The van der Waals surface area contributed by atoms with E-state index in [2.05, 4.69) is 0 Å². The molecule has 0 radical (unpaired) electrons. The Morgan fingerprint density at radius 1 is 0.625 bits per heavy atom. The first-order valence-electron chi connectivity index (χ1n) is 6.83. The molecule has 0 aliphatic carbocycles. The number of hydrogen-bond donors (Lipinski definition) is 2. The van der Waals surface area contributed by atoms with E-state index in [1.165, 1.54) is 6.07 Å². The summed E-state index contributed by atoms with van der Waals surface area (Å²) in [7, 11) is -9.16. The Hall–Kier alpha value is -2.26. The second-order valence-corrected chi connectivity index (χ2v) is 8.28. The van der Waals surface area contributed by atoms with Crippen molar-refractivity contribution in [2.75, 3.05) is 0 Å². The minimum Gasteiger partial charge on any atom is -0.282 e. The first-order valence-corrected chi connectivity index (χ1v) is 9.71. The third-order valence-electron chi connectivity index (χ3n) is 4.12. The third kappa shape index (κ3) is 2.08. The topological polar surface area (TPSA) is 109 Å². The summed E-state index contributed by atoms with van der Waals surface area (Å²) in [5.41, 5.74) is 0. The van der Waals surface area contributed by atoms with Crippen LogP contribution >= 0.6 is 0 Å². The molecule has 8 heteroatoms.